The Kier molecular flexibility index (Phi) is 4.36. The predicted octanol–water partition coefficient (Wildman–Crippen LogP) is 1.86. The fourth-order valence-corrected chi connectivity index (χ4v) is 2.60. The zero-order valence-electron chi connectivity index (χ0n) is 10.3. The molecule has 0 aromatic carbocycles. The maximum absolute atomic E-state index is 11.8. The van der Waals surface area contributed by atoms with Crippen molar-refractivity contribution in [2.24, 2.45) is 5.92 Å². The Labute approximate surface area is 98.1 Å². The molecule has 2 rings (SSSR count). The molecule has 3 heteroatoms. The Hall–Kier alpha value is -0.410. The highest BCUT2D eigenvalue weighted by atomic mass is 16.5. The van der Waals surface area contributed by atoms with Crippen molar-refractivity contribution < 1.29 is 9.53 Å². The minimum absolute atomic E-state index is 0.311. The van der Waals surface area contributed by atoms with E-state index in [0.717, 1.165) is 45.0 Å². The van der Waals surface area contributed by atoms with E-state index in [9.17, 15) is 4.79 Å². The Bertz CT molecular complexity index is 238. The number of ether oxygens (including phenoxy) is 1. The second kappa shape index (κ2) is 5.78. The van der Waals surface area contributed by atoms with Crippen LogP contribution in [0.3, 0.4) is 0 Å². The van der Waals surface area contributed by atoms with Gasteiger partial charge in [0.2, 0.25) is 0 Å². The second-order valence-corrected chi connectivity index (χ2v) is 5.13. The molecule has 0 amide bonds. The summed E-state index contributed by atoms with van der Waals surface area (Å²) in [7, 11) is 1.75. The Morgan fingerprint density at radius 2 is 2.12 bits per heavy atom. The molecule has 0 N–H and O–H groups in total. The van der Waals surface area contributed by atoms with Crippen molar-refractivity contribution in [1.29, 1.82) is 0 Å². The summed E-state index contributed by atoms with van der Waals surface area (Å²) >= 11 is 0. The van der Waals surface area contributed by atoms with Gasteiger partial charge < -0.3 is 4.74 Å². The third kappa shape index (κ3) is 3.29. The molecule has 92 valence electrons. The number of rotatable bonds is 6. The fraction of sp³-hybridized carbons (Fsp3) is 0.923. The molecule has 0 saturated heterocycles. The molecular formula is C13H23NO2. The van der Waals surface area contributed by atoms with E-state index in [-0.39, 0.29) is 0 Å². The number of nitrogens with zero attached hydrogens (tertiary/aromatic N) is 1. The average molecular weight is 225 g/mol. The van der Waals surface area contributed by atoms with E-state index >= 15 is 0 Å². The topological polar surface area (TPSA) is 29.5 Å². The largest absolute Gasteiger partial charge is 0.383 e. The number of ketones is 1. The first-order valence-corrected chi connectivity index (χ1v) is 6.57. The SMILES string of the molecule is COCCN(CC1CCCCC1=O)C1CC1. The third-order valence-electron chi connectivity index (χ3n) is 3.78. The molecule has 0 aromatic heterocycles. The van der Waals surface area contributed by atoms with Crippen molar-refractivity contribution in [1.82, 2.24) is 4.90 Å². The van der Waals surface area contributed by atoms with Gasteiger partial charge in [0.1, 0.15) is 5.78 Å². The maximum Gasteiger partial charge on any atom is 0.137 e. The lowest BCUT2D eigenvalue weighted by atomic mass is 9.87. The van der Waals surface area contributed by atoms with Crippen LogP contribution in [0.5, 0.6) is 0 Å². The Balaban J connectivity index is 1.81. The molecule has 2 aliphatic rings. The molecule has 2 aliphatic carbocycles. The van der Waals surface area contributed by atoms with Gasteiger partial charge in [-0.15, -0.1) is 0 Å². The molecule has 16 heavy (non-hydrogen) atoms. The van der Waals surface area contributed by atoms with Gasteiger partial charge in [-0.3, -0.25) is 9.69 Å². The van der Waals surface area contributed by atoms with Crippen LogP contribution in [-0.2, 0) is 9.53 Å². The normalized spacial score (nSPS) is 26.4. The van der Waals surface area contributed by atoms with Gasteiger partial charge in [-0.1, -0.05) is 6.42 Å². The van der Waals surface area contributed by atoms with Crippen molar-refractivity contribution >= 4 is 5.78 Å². The summed E-state index contributed by atoms with van der Waals surface area (Å²) in [5, 5.41) is 0. The molecule has 3 nitrogen and oxygen atoms in total. The van der Waals surface area contributed by atoms with Crippen LogP contribution < -0.4 is 0 Å². The molecule has 0 aromatic rings. The van der Waals surface area contributed by atoms with Gasteiger partial charge in [0, 0.05) is 38.6 Å². The molecular weight excluding hydrogens is 202 g/mol. The van der Waals surface area contributed by atoms with Crippen molar-refractivity contribution in [3.8, 4) is 0 Å². The minimum Gasteiger partial charge on any atom is -0.383 e. The monoisotopic (exact) mass is 225 g/mol. The van der Waals surface area contributed by atoms with Gasteiger partial charge >= 0.3 is 0 Å². The maximum atomic E-state index is 11.8. The average Bonchev–Trinajstić information content (AvgIpc) is 3.10. The van der Waals surface area contributed by atoms with E-state index in [1.54, 1.807) is 7.11 Å². The number of Topliss-reactive ketones (excluding diaryl/α,β-unsaturated/α-hetero) is 1. The molecule has 1 unspecified atom stereocenters. The molecule has 0 bridgehead atoms. The van der Waals surface area contributed by atoms with Crippen LogP contribution in [0.15, 0.2) is 0 Å². The summed E-state index contributed by atoms with van der Waals surface area (Å²) in [6.07, 6.45) is 6.88. The van der Waals surface area contributed by atoms with Crippen LogP contribution in [0.1, 0.15) is 38.5 Å². The van der Waals surface area contributed by atoms with Crippen molar-refractivity contribution in [2.75, 3.05) is 26.8 Å². The van der Waals surface area contributed by atoms with Crippen LogP contribution in [0, 0.1) is 5.92 Å². The standard InChI is InChI=1S/C13H23NO2/c1-16-9-8-14(12-6-7-12)10-11-4-2-3-5-13(11)15/h11-12H,2-10H2,1H3. The van der Waals surface area contributed by atoms with E-state index in [1.807, 2.05) is 0 Å². The number of hydrogen-bond acceptors (Lipinski definition) is 3. The minimum atomic E-state index is 0.311. The first kappa shape index (κ1) is 12.1. The molecule has 0 aliphatic heterocycles. The zero-order chi connectivity index (χ0) is 11.4. The lowest BCUT2D eigenvalue weighted by Gasteiger charge is -2.28. The highest BCUT2D eigenvalue weighted by molar-refractivity contribution is 5.81. The molecule has 0 radical (unpaired) electrons. The predicted molar refractivity (Wildman–Crippen MR) is 63.4 cm³/mol. The van der Waals surface area contributed by atoms with Crippen molar-refractivity contribution in [3.63, 3.8) is 0 Å². The van der Waals surface area contributed by atoms with Gasteiger partial charge in [0.15, 0.2) is 0 Å². The van der Waals surface area contributed by atoms with Crippen molar-refractivity contribution in [2.45, 2.75) is 44.6 Å². The molecule has 1 atom stereocenters. The third-order valence-corrected chi connectivity index (χ3v) is 3.78. The smallest absolute Gasteiger partial charge is 0.137 e. The summed E-state index contributed by atoms with van der Waals surface area (Å²) in [5.41, 5.74) is 0. The van der Waals surface area contributed by atoms with Gasteiger partial charge in [-0.2, -0.15) is 0 Å². The Morgan fingerprint density at radius 3 is 2.75 bits per heavy atom. The zero-order valence-corrected chi connectivity index (χ0v) is 10.3. The molecule has 2 saturated carbocycles. The van der Waals surface area contributed by atoms with Gasteiger partial charge in [-0.25, -0.2) is 0 Å². The number of methoxy groups -OCH3 is 1. The summed E-state index contributed by atoms with van der Waals surface area (Å²) in [6, 6.07) is 0.741. The quantitative estimate of drug-likeness (QED) is 0.691. The summed E-state index contributed by atoms with van der Waals surface area (Å²) in [5.74, 6) is 0.806. The van der Waals surface area contributed by atoms with Gasteiger partial charge in [-0.05, 0) is 25.7 Å². The van der Waals surface area contributed by atoms with Gasteiger partial charge in [0.25, 0.3) is 0 Å². The lowest BCUT2D eigenvalue weighted by molar-refractivity contribution is -0.125. The second-order valence-electron chi connectivity index (χ2n) is 5.13. The number of hydrogen-bond donors (Lipinski definition) is 0. The summed E-state index contributed by atoms with van der Waals surface area (Å²) in [6.45, 7) is 2.76. The van der Waals surface area contributed by atoms with E-state index < -0.39 is 0 Å². The van der Waals surface area contributed by atoms with Crippen LogP contribution in [0.4, 0.5) is 0 Å². The van der Waals surface area contributed by atoms with Gasteiger partial charge in [0.05, 0.1) is 6.61 Å². The molecule has 0 spiro atoms. The van der Waals surface area contributed by atoms with Crippen LogP contribution >= 0.6 is 0 Å². The summed E-state index contributed by atoms with van der Waals surface area (Å²) in [4.78, 5) is 14.3. The van der Waals surface area contributed by atoms with E-state index in [0.29, 0.717) is 11.7 Å². The number of carbonyl (C=O) groups excluding carboxylic acids is 1. The van der Waals surface area contributed by atoms with E-state index in [1.165, 1.54) is 19.3 Å². The van der Waals surface area contributed by atoms with Crippen molar-refractivity contribution in [3.05, 3.63) is 0 Å². The van der Waals surface area contributed by atoms with E-state index in [4.69, 9.17) is 4.74 Å². The van der Waals surface area contributed by atoms with E-state index in [2.05, 4.69) is 4.90 Å². The van der Waals surface area contributed by atoms with Crippen LogP contribution in [0.2, 0.25) is 0 Å². The Morgan fingerprint density at radius 1 is 1.31 bits per heavy atom. The lowest BCUT2D eigenvalue weighted by Crippen LogP contribution is -2.38. The highest BCUT2D eigenvalue weighted by Crippen LogP contribution is 2.29. The first-order valence-electron chi connectivity index (χ1n) is 6.57. The summed E-state index contributed by atoms with van der Waals surface area (Å²) < 4.78 is 5.14. The molecule has 0 heterocycles. The fourth-order valence-electron chi connectivity index (χ4n) is 2.60. The van der Waals surface area contributed by atoms with Crippen LogP contribution in [0.25, 0.3) is 0 Å². The first-order chi connectivity index (χ1) is 7.81. The molecule has 2 fully saturated rings. The highest BCUT2D eigenvalue weighted by Gasteiger charge is 2.32. The van der Waals surface area contributed by atoms with Crippen LogP contribution in [-0.4, -0.2) is 43.5 Å². The number of carbonyl (C=O) groups is 1.